The molecule has 0 aliphatic heterocycles. The standard InChI is InChI=1S/C68H39N7/c69-40-51-52(41-70)66(73-55-32-14-6-24-45(55)46-25-7-15-33-56(46)73)68(75-60-37-19-11-29-50(60)64-62(75)39-38-61-63(64)49-28-10-18-36-59(49)71(61)42-20-2-1-3-21-42)67(74-57-34-16-8-26-47(57)48-27-9-17-35-58(48)74)65(51)72-53-30-12-4-22-43(53)44-23-5-13-31-54(44)72/h1-39H. The van der Waals surface area contributed by atoms with Gasteiger partial charge in [0.15, 0.2) is 0 Å². The molecule has 16 rings (SSSR count). The van der Waals surface area contributed by atoms with Crippen LogP contribution in [0.25, 0.3) is 137 Å². The molecule has 346 valence electrons. The maximum Gasteiger partial charge on any atom is 0.103 e. The van der Waals surface area contributed by atoms with E-state index in [1.54, 1.807) is 0 Å². The molecule has 16 aromatic rings. The molecule has 0 atom stereocenters. The normalized spacial score (nSPS) is 12.0. The second kappa shape index (κ2) is 15.5. The summed E-state index contributed by atoms with van der Waals surface area (Å²) >= 11 is 0. The SMILES string of the molecule is N#Cc1c(C#N)c(-n2c3ccccc3c3ccccc32)c(-n2c3ccccc3c3c4c5ccccc5n(-c5ccccc5)c4ccc32)c(-n2c3ccccc3c3ccccc32)c1-n1c2ccccc2c2ccccc21. The van der Waals surface area contributed by atoms with Crippen LogP contribution in [0.3, 0.4) is 0 Å². The van der Waals surface area contributed by atoms with E-state index in [2.05, 4.69) is 272 Å². The quantitative estimate of drug-likeness (QED) is 0.172. The van der Waals surface area contributed by atoms with Crippen molar-refractivity contribution in [2.45, 2.75) is 0 Å². The van der Waals surface area contributed by atoms with Gasteiger partial charge in [-0.25, -0.2) is 0 Å². The van der Waals surface area contributed by atoms with Gasteiger partial charge in [-0.2, -0.15) is 10.5 Å². The predicted octanol–water partition coefficient (Wildman–Crippen LogP) is 16.9. The summed E-state index contributed by atoms with van der Waals surface area (Å²) in [6.45, 7) is 0. The number of nitrogens with zero attached hydrogens (tertiary/aromatic N) is 7. The van der Waals surface area contributed by atoms with Gasteiger partial charge in [0.25, 0.3) is 0 Å². The summed E-state index contributed by atoms with van der Waals surface area (Å²) in [5, 5.41) is 35.2. The highest BCUT2D eigenvalue weighted by Gasteiger charge is 2.35. The maximum atomic E-state index is 12.3. The Morgan fingerprint density at radius 2 is 0.453 bits per heavy atom. The first-order chi connectivity index (χ1) is 37.2. The van der Waals surface area contributed by atoms with Crippen LogP contribution in [0.5, 0.6) is 0 Å². The van der Waals surface area contributed by atoms with Gasteiger partial charge in [-0.1, -0.05) is 164 Å². The van der Waals surface area contributed by atoms with Crippen LogP contribution in [0.1, 0.15) is 11.1 Å². The van der Waals surface area contributed by atoms with Crippen LogP contribution in [0.2, 0.25) is 0 Å². The third-order valence-electron chi connectivity index (χ3n) is 15.7. The van der Waals surface area contributed by atoms with E-state index in [-0.39, 0.29) is 11.1 Å². The number of rotatable bonds is 5. The first-order valence-electron chi connectivity index (χ1n) is 25.2. The molecular weight excluding hydrogens is 915 g/mol. The largest absolute Gasteiger partial charge is 0.309 e. The van der Waals surface area contributed by atoms with Gasteiger partial charge in [-0.3, -0.25) is 0 Å². The van der Waals surface area contributed by atoms with Gasteiger partial charge in [0.1, 0.15) is 12.1 Å². The van der Waals surface area contributed by atoms with Crippen LogP contribution in [0, 0.1) is 22.7 Å². The number of nitriles is 2. The van der Waals surface area contributed by atoms with Crippen molar-refractivity contribution >= 4 is 109 Å². The minimum absolute atomic E-state index is 0.271. The van der Waals surface area contributed by atoms with Crippen molar-refractivity contribution < 1.29 is 0 Å². The fourth-order valence-corrected chi connectivity index (χ4v) is 12.9. The first kappa shape index (κ1) is 41.1. The summed E-state index contributed by atoms with van der Waals surface area (Å²) in [5.74, 6) is 0. The summed E-state index contributed by atoms with van der Waals surface area (Å²) in [6.07, 6.45) is 0. The highest BCUT2D eigenvalue weighted by atomic mass is 15.1. The summed E-state index contributed by atoms with van der Waals surface area (Å²) in [4.78, 5) is 0. The Bertz CT molecular complexity index is 5060. The Balaban J connectivity index is 1.24. The Kier molecular flexibility index (Phi) is 8.46. The molecule has 0 aliphatic rings. The first-order valence-corrected chi connectivity index (χ1v) is 25.2. The maximum absolute atomic E-state index is 12.3. The van der Waals surface area contributed by atoms with Gasteiger partial charge >= 0.3 is 0 Å². The van der Waals surface area contributed by atoms with Gasteiger partial charge < -0.3 is 22.8 Å². The van der Waals surface area contributed by atoms with E-state index in [1.807, 2.05) is 0 Å². The highest BCUT2D eigenvalue weighted by molar-refractivity contribution is 6.29. The molecule has 5 heterocycles. The molecule has 0 unspecified atom stereocenters. The van der Waals surface area contributed by atoms with E-state index >= 15 is 0 Å². The molecule has 0 fully saturated rings. The van der Waals surface area contributed by atoms with E-state index in [0.717, 1.165) is 126 Å². The molecule has 0 radical (unpaired) electrons. The fraction of sp³-hybridized carbons (Fsp3) is 0. The van der Waals surface area contributed by atoms with E-state index < -0.39 is 0 Å². The lowest BCUT2D eigenvalue weighted by Crippen LogP contribution is -2.17. The molecular formula is C68H39N7. The van der Waals surface area contributed by atoms with Gasteiger partial charge in [0.2, 0.25) is 0 Å². The smallest absolute Gasteiger partial charge is 0.103 e. The molecule has 7 heteroatoms. The highest BCUT2D eigenvalue weighted by Crippen LogP contribution is 2.50. The minimum Gasteiger partial charge on any atom is -0.309 e. The van der Waals surface area contributed by atoms with E-state index in [1.165, 1.54) is 0 Å². The third kappa shape index (κ3) is 5.40. The van der Waals surface area contributed by atoms with Crippen LogP contribution >= 0.6 is 0 Å². The van der Waals surface area contributed by atoms with Crippen molar-refractivity contribution in [1.29, 1.82) is 10.5 Å². The average molecular weight is 954 g/mol. The predicted molar refractivity (Wildman–Crippen MR) is 308 cm³/mol. The average Bonchev–Trinajstić information content (AvgIpc) is 4.40. The Morgan fingerprint density at radius 3 is 0.787 bits per heavy atom. The van der Waals surface area contributed by atoms with Crippen molar-refractivity contribution in [2.24, 2.45) is 0 Å². The van der Waals surface area contributed by atoms with Crippen molar-refractivity contribution in [3.8, 4) is 40.6 Å². The molecule has 0 spiro atoms. The molecule has 0 bridgehead atoms. The van der Waals surface area contributed by atoms with Crippen LogP contribution in [0.15, 0.2) is 237 Å². The second-order valence-corrected chi connectivity index (χ2v) is 19.4. The van der Waals surface area contributed by atoms with Crippen LogP contribution in [-0.4, -0.2) is 22.8 Å². The molecule has 5 aromatic heterocycles. The Hall–Kier alpha value is -10.6. The molecule has 0 aliphatic carbocycles. The van der Waals surface area contributed by atoms with E-state index in [4.69, 9.17) is 0 Å². The fourth-order valence-electron chi connectivity index (χ4n) is 12.9. The van der Waals surface area contributed by atoms with Gasteiger partial charge in [0, 0.05) is 59.5 Å². The second-order valence-electron chi connectivity index (χ2n) is 19.4. The lowest BCUT2D eigenvalue weighted by Gasteiger charge is -2.27. The van der Waals surface area contributed by atoms with Gasteiger partial charge in [-0.05, 0) is 72.8 Å². The molecule has 0 amide bonds. The van der Waals surface area contributed by atoms with Crippen molar-refractivity contribution in [3.05, 3.63) is 248 Å². The zero-order chi connectivity index (χ0) is 49.5. The minimum atomic E-state index is 0.271. The monoisotopic (exact) mass is 953 g/mol. The molecule has 75 heavy (non-hydrogen) atoms. The van der Waals surface area contributed by atoms with Gasteiger partial charge in [0.05, 0.1) is 89.0 Å². The molecule has 11 aromatic carbocycles. The molecule has 7 nitrogen and oxygen atoms in total. The van der Waals surface area contributed by atoms with Crippen molar-refractivity contribution in [2.75, 3.05) is 0 Å². The number of para-hydroxylation sites is 9. The zero-order valence-electron chi connectivity index (χ0n) is 40.1. The molecule has 0 N–H and O–H groups in total. The third-order valence-corrected chi connectivity index (χ3v) is 15.7. The lowest BCUT2D eigenvalue weighted by atomic mass is 9.98. The number of fused-ring (bicyclic) bond motifs is 16. The summed E-state index contributed by atoms with van der Waals surface area (Å²) in [7, 11) is 0. The van der Waals surface area contributed by atoms with Crippen LogP contribution in [0.4, 0.5) is 0 Å². The van der Waals surface area contributed by atoms with E-state index in [0.29, 0.717) is 11.4 Å². The summed E-state index contributed by atoms with van der Waals surface area (Å²) < 4.78 is 11.7. The number of aromatic nitrogens is 5. The zero-order valence-corrected chi connectivity index (χ0v) is 40.1. The van der Waals surface area contributed by atoms with E-state index in [9.17, 15) is 10.5 Å². The number of benzene rings is 11. The lowest BCUT2D eigenvalue weighted by molar-refractivity contribution is 1.01. The Labute approximate surface area is 428 Å². The number of hydrogen-bond acceptors (Lipinski definition) is 2. The van der Waals surface area contributed by atoms with Crippen molar-refractivity contribution in [1.82, 2.24) is 22.8 Å². The molecule has 0 saturated heterocycles. The molecule has 0 saturated carbocycles. The van der Waals surface area contributed by atoms with Crippen molar-refractivity contribution in [3.63, 3.8) is 0 Å². The summed E-state index contributed by atoms with van der Waals surface area (Å²) in [5.41, 5.74) is 14.1. The Morgan fingerprint density at radius 1 is 0.213 bits per heavy atom. The van der Waals surface area contributed by atoms with Crippen LogP contribution in [-0.2, 0) is 0 Å². The summed E-state index contributed by atoms with van der Waals surface area (Å²) in [6, 6.07) is 89.0. The number of hydrogen-bond donors (Lipinski definition) is 0. The van der Waals surface area contributed by atoms with Gasteiger partial charge in [-0.15, -0.1) is 0 Å². The topological polar surface area (TPSA) is 72.2 Å². The van der Waals surface area contributed by atoms with Crippen LogP contribution < -0.4 is 0 Å².